The fourth-order valence-electron chi connectivity index (χ4n) is 3.00. The van der Waals surface area contributed by atoms with Crippen LogP contribution in [0.2, 0.25) is 0 Å². The Bertz CT molecular complexity index is 609. The van der Waals surface area contributed by atoms with Gasteiger partial charge in [0.25, 0.3) is 11.8 Å². The highest BCUT2D eigenvalue weighted by Crippen LogP contribution is 2.17. The zero-order valence-corrected chi connectivity index (χ0v) is 15.5. The quantitative estimate of drug-likeness (QED) is 0.603. The number of hydrogen-bond donors (Lipinski definition) is 2. The minimum atomic E-state index is -0.887. The van der Waals surface area contributed by atoms with Crippen LogP contribution >= 0.6 is 0 Å². The van der Waals surface area contributed by atoms with Gasteiger partial charge in [0.15, 0.2) is 6.10 Å². The number of rotatable bonds is 6. The summed E-state index contributed by atoms with van der Waals surface area (Å²) in [5.74, 6) is -1.27. The van der Waals surface area contributed by atoms with E-state index in [4.69, 9.17) is 4.74 Å². The second kappa shape index (κ2) is 9.94. The molecule has 2 atom stereocenters. The predicted octanol–water partition coefficient (Wildman–Crippen LogP) is 2.58. The maximum atomic E-state index is 12.2. The molecule has 1 aliphatic carbocycles. The van der Waals surface area contributed by atoms with E-state index in [9.17, 15) is 14.4 Å². The summed E-state index contributed by atoms with van der Waals surface area (Å²) in [4.78, 5) is 36.5. The van der Waals surface area contributed by atoms with Crippen LogP contribution in [0.15, 0.2) is 30.3 Å². The highest BCUT2D eigenvalue weighted by molar-refractivity contribution is 5.96. The van der Waals surface area contributed by atoms with E-state index < -0.39 is 18.1 Å². The van der Waals surface area contributed by atoms with Crippen LogP contribution < -0.4 is 10.6 Å². The molecule has 0 saturated heterocycles. The first-order valence-corrected chi connectivity index (χ1v) is 9.34. The van der Waals surface area contributed by atoms with Crippen LogP contribution in [-0.4, -0.2) is 36.0 Å². The Kier molecular flexibility index (Phi) is 7.63. The summed E-state index contributed by atoms with van der Waals surface area (Å²) in [5, 5.41) is 5.55. The van der Waals surface area contributed by atoms with Gasteiger partial charge < -0.3 is 15.4 Å². The minimum absolute atomic E-state index is 0.154. The average molecular weight is 360 g/mol. The molecule has 1 saturated carbocycles. The number of nitrogens with one attached hydrogen (secondary N) is 2. The summed E-state index contributed by atoms with van der Waals surface area (Å²) in [6.45, 7) is 3.09. The average Bonchev–Trinajstić information content (AvgIpc) is 2.90. The van der Waals surface area contributed by atoms with Gasteiger partial charge in [-0.3, -0.25) is 9.59 Å². The normalized spacial score (nSPS) is 17.5. The lowest BCUT2D eigenvalue weighted by Crippen LogP contribution is -2.45. The molecule has 1 aliphatic rings. The van der Waals surface area contributed by atoms with Crippen molar-refractivity contribution in [2.24, 2.45) is 0 Å². The summed E-state index contributed by atoms with van der Waals surface area (Å²) in [6, 6.07) is 7.95. The van der Waals surface area contributed by atoms with Gasteiger partial charge in [0, 0.05) is 11.6 Å². The Hall–Kier alpha value is -2.37. The maximum Gasteiger partial charge on any atom is 0.329 e. The molecule has 0 spiro atoms. The fraction of sp³-hybridized carbons (Fsp3) is 0.550. The third-order valence-electron chi connectivity index (χ3n) is 4.60. The fourth-order valence-corrected chi connectivity index (χ4v) is 3.00. The molecule has 6 heteroatoms. The van der Waals surface area contributed by atoms with Gasteiger partial charge in [0.1, 0.15) is 6.04 Å². The molecule has 0 aliphatic heterocycles. The molecule has 2 rings (SSSR count). The Morgan fingerprint density at radius 2 is 1.62 bits per heavy atom. The van der Waals surface area contributed by atoms with Crippen LogP contribution in [-0.2, 0) is 14.3 Å². The Labute approximate surface area is 154 Å². The molecule has 0 heterocycles. The lowest BCUT2D eigenvalue weighted by Gasteiger charge is -2.21. The number of carbonyl (C=O) groups is 3. The summed E-state index contributed by atoms with van der Waals surface area (Å²) >= 11 is 0. The van der Waals surface area contributed by atoms with Crippen LogP contribution in [0, 0.1) is 0 Å². The van der Waals surface area contributed by atoms with E-state index in [2.05, 4.69) is 10.6 Å². The SMILES string of the molecule is C[C@H](NC(=O)c1ccccc1)C(=O)O[C@H](C)C(=O)NC1CCCCCC1. The van der Waals surface area contributed by atoms with Crippen LogP contribution in [0.4, 0.5) is 0 Å². The smallest absolute Gasteiger partial charge is 0.329 e. The Balaban J connectivity index is 1.79. The number of amides is 2. The molecular weight excluding hydrogens is 332 g/mol. The zero-order valence-electron chi connectivity index (χ0n) is 15.5. The van der Waals surface area contributed by atoms with E-state index in [1.165, 1.54) is 12.8 Å². The highest BCUT2D eigenvalue weighted by Gasteiger charge is 2.25. The lowest BCUT2D eigenvalue weighted by atomic mass is 10.1. The van der Waals surface area contributed by atoms with Crippen molar-refractivity contribution in [1.82, 2.24) is 10.6 Å². The van der Waals surface area contributed by atoms with Gasteiger partial charge in [-0.1, -0.05) is 43.9 Å². The molecule has 1 aromatic carbocycles. The third-order valence-corrected chi connectivity index (χ3v) is 4.60. The second-order valence-corrected chi connectivity index (χ2v) is 6.84. The maximum absolute atomic E-state index is 12.2. The lowest BCUT2D eigenvalue weighted by molar-refractivity contribution is -0.156. The summed E-state index contributed by atoms with van der Waals surface area (Å²) in [5.41, 5.74) is 0.464. The minimum Gasteiger partial charge on any atom is -0.451 e. The van der Waals surface area contributed by atoms with Crippen molar-refractivity contribution in [1.29, 1.82) is 0 Å². The van der Waals surface area contributed by atoms with Crippen molar-refractivity contribution >= 4 is 17.8 Å². The largest absolute Gasteiger partial charge is 0.451 e. The van der Waals surface area contributed by atoms with Gasteiger partial charge in [0.2, 0.25) is 0 Å². The van der Waals surface area contributed by atoms with Crippen LogP contribution in [0.1, 0.15) is 62.7 Å². The van der Waals surface area contributed by atoms with Crippen molar-refractivity contribution < 1.29 is 19.1 Å². The van der Waals surface area contributed by atoms with Crippen LogP contribution in [0.5, 0.6) is 0 Å². The van der Waals surface area contributed by atoms with E-state index in [1.807, 2.05) is 6.07 Å². The van der Waals surface area contributed by atoms with Gasteiger partial charge >= 0.3 is 5.97 Å². The zero-order chi connectivity index (χ0) is 18.9. The Morgan fingerprint density at radius 3 is 2.23 bits per heavy atom. The molecule has 1 fully saturated rings. The third kappa shape index (κ3) is 6.17. The second-order valence-electron chi connectivity index (χ2n) is 6.84. The van der Waals surface area contributed by atoms with Gasteiger partial charge in [-0.15, -0.1) is 0 Å². The van der Waals surface area contributed by atoms with E-state index in [0.717, 1.165) is 25.7 Å². The van der Waals surface area contributed by atoms with E-state index in [1.54, 1.807) is 38.1 Å². The number of carbonyl (C=O) groups excluding carboxylic acids is 3. The highest BCUT2D eigenvalue weighted by atomic mass is 16.5. The van der Waals surface area contributed by atoms with Crippen LogP contribution in [0.25, 0.3) is 0 Å². The summed E-state index contributed by atoms with van der Waals surface area (Å²) in [7, 11) is 0. The molecule has 0 radical (unpaired) electrons. The number of esters is 1. The molecule has 1 aromatic rings. The van der Waals surface area contributed by atoms with Crippen molar-refractivity contribution in [3.63, 3.8) is 0 Å². The van der Waals surface area contributed by atoms with Crippen molar-refractivity contribution in [2.45, 2.75) is 70.6 Å². The molecule has 0 bridgehead atoms. The van der Waals surface area contributed by atoms with Gasteiger partial charge in [0.05, 0.1) is 0 Å². The standard InChI is InChI=1S/C20H28N2O4/c1-14(21-19(24)16-10-6-5-7-11-16)20(25)26-15(2)18(23)22-17-12-8-3-4-9-13-17/h5-7,10-11,14-15,17H,3-4,8-9,12-13H2,1-2H3,(H,21,24)(H,22,23)/t14-,15+/m0/s1. The number of benzene rings is 1. The predicted molar refractivity (Wildman–Crippen MR) is 98.6 cm³/mol. The molecular formula is C20H28N2O4. The van der Waals surface area contributed by atoms with Crippen molar-refractivity contribution in [3.8, 4) is 0 Å². The molecule has 26 heavy (non-hydrogen) atoms. The van der Waals surface area contributed by atoms with Crippen molar-refractivity contribution in [3.05, 3.63) is 35.9 Å². The van der Waals surface area contributed by atoms with E-state index in [-0.39, 0.29) is 17.9 Å². The summed E-state index contributed by atoms with van der Waals surface area (Å²) in [6.07, 6.45) is 5.68. The monoisotopic (exact) mass is 360 g/mol. The van der Waals surface area contributed by atoms with E-state index in [0.29, 0.717) is 5.56 Å². The van der Waals surface area contributed by atoms with Crippen LogP contribution in [0.3, 0.4) is 0 Å². The Morgan fingerprint density at radius 1 is 1.00 bits per heavy atom. The first-order valence-electron chi connectivity index (χ1n) is 9.34. The van der Waals surface area contributed by atoms with Gasteiger partial charge in [-0.2, -0.15) is 0 Å². The molecule has 6 nitrogen and oxygen atoms in total. The topological polar surface area (TPSA) is 84.5 Å². The first kappa shape index (κ1) is 19.9. The molecule has 0 unspecified atom stereocenters. The first-order chi connectivity index (χ1) is 12.5. The number of hydrogen-bond acceptors (Lipinski definition) is 4. The van der Waals surface area contributed by atoms with E-state index >= 15 is 0 Å². The molecule has 2 amide bonds. The molecule has 2 N–H and O–H groups in total. The molecule has 142 valence electrons. The van der Waals surface area contributed by atoms with Crippen molar-refractivity contribution in [2.75, 3.05) is 0 Å². The van der Waals surface area contributed by atoms with Gasteiger partial charge in [-0.05, 0) is 38.8 Å². The summed E-state index contributed by atoms with van der Waals surface area (Å²) < 4.78 is 5.22. The molecule has 0 aromatic heterocycles. The number of ether oxygens (including phenoxy) is 1. The van der Waals surface area contributed by atoms with Gasteiger partial charge in [-0.25, -0.2) is 4.79 Å².